The quantitative estimate of drug-likeness (QED) is 0.517. The minimum atomic E-state index is 0.403. The normalized spacial score (nSPS) is 20.8. The summed E-state index contributed by atoms with van der Waals surface area (Å²) in [5.74, 6) is 0.833. The maximum atomic E-state index is 2.58. The first-order valence-electron chi connectivity index (χ1n) is 10.4. The van der Waals surface area contributed by atoms with Gasteiger partial charge in [-0.1, -0.05) is 33.6 Å². The highest BCUT2D eigenvalue weighted by molar-refractivity contribution is 4.79. The van der Waals surface area contributed by atoms with Crippen LogP contribution in [0.5, 0.6) is 0 Å². The van der Waals surface area contributed by atoms with Crippen LogP contribution in [0.4, 0.5) is 0 Å². The van der Waals surface area contributed by atoms with Crippen molar-refractivity contribution in [2.45, 2.75) is 112 Å². The molecule has 0 saturated carbocycles. The summed E-state index contributed by atoms with van der Waals surface area (Å²) in [6.07, 6.45) is 8.47. The van der Waals surface area contributed by atoms with Gasteiger partial charge < -0.3 is 0 Å². The van der Waals surface area contributed by atoms with E-state index >= 15 is 0 Å². The van der Waals surface area contributed by atoms with Crippen LogP contribution in [0.3, 0.4) is 0 Å². The Morgan fingerprint density at radius 1 is 0.500 bits per heavy atom. The largest absolute Gasteiger partial charge is 0.298 e. The molecule has 0 aliphatic carbocycles. The molecule has 0 aromatic rings. The second-order valence-corrected chi connectivity index (χ2v) is 10.2. The maximum absolute atomic E-state index is 2.58. The first kappa shape index (κ1) is 23.9. The number of hydrogen-bond acceptors (Lipinski definition) is 2. The highest BCUT2D eigenvalue weighted by Gasteiger charge is 2.22. The number of hydrogen-bond donors (Lipinski definition) is 0. The van der Waals surface area contributed by atoms with Gasteiger partial charge in [-0.05, 0) is 99.3 Å². The summed E-state index contributed by atoms with van der Waals surface area (Å²) in [5.41, 5.74) is 0.806. The molecular weight excluding hydrogens is 292 g/mol. The van der Waals surface area contributed by atoms with Crippen LogP contribution >= 0.6 is 0 Å². The van der Waals surface area contributed by atoms with Crippen LogP contribution in [-0.4, -0.2) is 47.1 Å². The Hall–Kier alpha value is -0.0800. The molecule has 0 aromatic heterocycles. The molecular formula is C22H48N2. The fraction of sp³-hybridized carbons (Fsp3) is 1.00. The van der Waals surface area contributed by atoms with E-state index in [1.165, 1.54) is 64.7 Å². The Morgan fingerprint density at radius 3 is 0.833 bits per heavy atom. The van der Waals surface area contributed by atoms with Gasteiger partial charge in [0.25, 0.3) is 0 Å². The summed E-state index contributed by atoms with van der Waals surface area (Å²) < 4.78 is 0. The van der Waals surface area contributed by atoms with E-state index in [4.69, 9.17) is 0 Å². The molecule has 24 heavy (non-hydrogen) atoms. The average Bonchev–Trinajstić information content (AvgIpc) is 2.47. The highest BCUT2D eigenvalue weighted by Crippen LogP contribution is 2.19. The Balaban J connectivity index is 0.000000363. The van der Waals surface area contributed by atoms with Gasteiger partial charge in [-0.2, -0.15) is 0 Å². The smallest absolute Gasteiger partial charge is 0.0125 e. The van der Waals surface area contributed by atoms with Crippen molar-refractivity contribution in [2.24, 2.45) is 5.92 Å². The van der Waals surface area contributed by atoms with Crippen molar-refractivity contribution >= 4 is 0 Å². The third-order valence-corrected chi connectivity index (χ3v) is 4.61. The minimum absolute atomic E-state index is 0.403. The van der Waals surface area contributed by atoms with E-state index in [9.17, 15) is 0 Å². The molecule has 0 atom stereocenters. The SMILES string of the molecule is CC(C)(C)N1CCCCC1.CC(C)(C)N1CCCCC1.CC(C)C. The first-order chi connectivity index (χ1) is 10.9. The van der Waals surface area contributed by atoms with E-state index in [1.807, 2.05) is 0 Å². The Kier molecular flexibility index (Phi) is 11.5. The maximum Gasteiger partial charge on any atom is 0.0125 e. The van der Waals surface area contributed by atoms with E-state index in [2.05, 4.69) is 72.1 Å². The topological polar surface area (TPSA) is 6.48 Å². The second-order valence-electron chi connectivity index (χ2n) is 10.2. The zero-order valence-electron chi connectivity index (χ0n) is 18.5. The molecule has 146 valence electrons. The zero-order valence-corrected chi connectivity index (χ0v) is 18.5. The van der Waals surface area contributed by atoms with E-state index in [0.717, 1.165) is 5.92 Å². The molecule has 0 N–H and O–H groups in total. The standard InChI is InChI=1S/2C9H19N.C4H10/c2*1-9(2,3)10-7-5-4-6-8-10;1-4(2)3/h2*4-8H2,1-3H3;4H,1-3H3. The predicted octanol–water partition coefficient (Wildman–Crippen LogP) is 6.20. The second kappa shape index (κ2) is 11.5. The molecule has 0 bridgehead atoms. The van der Waals surface area contributed by atoms with Crippen molar-refractivity contribution < 1.29 is 0 Å². The lowest BCUT2D eigenvalue weighted by Crippen LogP contribution is -2.44. The van der Waals surface area contributed by atoms with Crippen LogP contribution in [0.25, 0.3) is 0 Å². The van der Waals surface area contributed by atoms with Gasteiger partial charge in [-0.15, -0.1) is 0 Å². The number of nitrogens with zero attached hydrogens (tertiary/aromatic N) is 2. The first-order valence-corrected chi connectivity index (χ1v) is 10.4. The average molecular weight is 341 g/mol. The van der Waals surface area contributed by atoms with Crippen molar-refractivity contribution in [1.29, 1.82) is 0 Å². The lowest BCUT2D eigenvalue weighted by molar-refractivity contribution is 0.110. The monoisotopic (exact) mass is 340 g/mol. The Morgan fingerprint density at radius 2 is 0.708 bits per heavy atom. The van der Waals surface area contributed by atoms with Gasteiger partial charge in [0.05, 0.1) is 0 Å². The fourth-order valence-corrected chi connectivity index (χ4v) is 3.13. The lowest BCUT2D eigenvalue weighted by Gasteiger charge is -2.38. The van der Waals surface area contributed by atoms with Crippen molar-refractivity contribution in [3.63, 3.8) is 0 Å². The molecule has 2 nitrogen and oxygen atoms in total. The summed E-state index contributed by atoms with van der Waals surface area (Å²) in [6, 6.07) is 0. The van der Waals surface area contributed by atoms with E-state index < -0.39 is 0 Å². The van der Waals surface area contributed by atoms with Crippen LogP contribution < -0.4 is 0 Å². The van der Waals surface area contributed by atoms with Gasteiger partial charge >= 0.3 is 0 Å². The van der Waals surface area contributed by atoms with Crippen LogP contribution in [-0.2, 0) is 0 Å². The third kappa shape index (κ3) is 12.3. The molecule has 2 heteroatoms. The fourth-order valence-electron chi connectivity index (χ4n) is 3.13. The molecule has 0 spiro atoms. The van der Waals surface area contributed by atoms with Crippen LogP contribution in [0.1, 0.15) is 101 Å². The van der Waals surface area contributed by atoms with Crippen molar-refractivity contribution in [3.05, 3.63) is 0 Å². The van der Waals surface area contributed by atoms with Gasteiger partial charge in [0.15, 0.2) is 0 Å². The predicted molar refractivity (Wildman–Crippen MR) is 111 cm³/mol. The summed E-state index contributed by atoms with van der Waals surface area (Å²) in [6.45, 7) is 25.6. The molecule has 2 heterocycles. The Bertz CT molecular complexity index is 253. The van der Waals surface area contributed by atoms with Crippen molar-refractivity contribution in [2.75, 3.05) is 26.2 Å². The Labute approximate surface area is 154 Å². The van der Waals surface area contributed by atoms with Crippen molar-refractivity contribution in [3.8, 4) is 0 Å². The number of piperidine rings is 2. The number of rotatable bonds is 0. The lowest BCUT2D eigenvalue weighted by atomic mass is 10.0. The minimum Gasteiger partial charge on any atom is -0.298 e. The summed E-state index contributed by atoms with van der Waals surface area (Å²) in [5, 5.41) is 0. The van der Waals surface area contributed by atoms with Crippen LogP contribution in [0, 0.1) is 5.92 Å². The molecule has 2 saturated heterocycles. The van der Waals surface area contributed by atoms with Crippen molar-refractivity contribution in [1.82, 2.24) is 9.80 Å². The molecule has 2 aliphatic rings. The van der Waals surface area contributed by atoms with E-state index in [0.29, 0.717) is 11.1 Å². The highest BCUT2D eigenvalue weighted by atomic mass is 15.2. The molecule has 0 radical (unpaired) electrons. The summed E-state index contributed by atoms with van der Waals surface area (Å²) in [4.78, 5) is 5.16. The van der Waals surface area contributed by atoms with Gasteiger partial charge in [-0.25, -0.2) is 0 Å². The molecule has 0 amide bonds. The van der Waals surface area contributed by atoms with Gasteiger partial charge in [0.2, 0.25) is 0 Å². The van der Waals surface area contributed by atoms with Gasteiger partial charge in [0.1, 0.15) is 0 Å². The summed E-state index contributed by atoms with van der Waals surface area (Å²) in [7, 11) is 0. The molecule has 0 unspecified atom stereocenters. The molecule has 0 aromatic carbocycles. The van der Waals surface area contributed by atoms with E-state index in [1.54, 1.807) is 0 Å². The third-order valence-electron chi connectivity index (χ3n) is 4.61. The summed E-state index contributed by atoms with van der Waals surface area (Å²) >= 11 is 0. The van der Waals surface area contributed by atoms with Crippen LogP contribution in [0.15, 0.2) is 0 Å². The van der Waals surface area contributed by atoms with Gasteiger partial charge in [0, 0.05) is 11.1 Å². The number of likely N-dealkylation sites (tertiary alicyclic amines) is 2. The molecule has 2 fully saturated rings. The molecule has 2 rings (SSSR count). The zero-order chi connectivity index (χ0) is 18.8. The van der Waals surface area contributed by atoms with Gasteiger partial charge in [-0.3, -0.25) is 9.80 Å². The van der Waals surface area contributed by atoms with Crippen LogP contribution in [0.2, 0.25) is 0 Å². The molecule has 2 aliphatic heterocycles. The van der Waals surface area contributed by atoms with E-state index in [-0.39, 0.29) is 0 Å².